The van der Waals surface area contributed by atoms with E-state index in [1.54, 1.807) is 51.7 Å². The minimum absolute atomic E-state index is 0.0484. The lowest BCUT2D eigenvalue weighted by Crippen LogP contribution is -2.28. The molecule has 0 atom stereocenters. The number of nitrogens with one attached hydrogen (secondary N) is 2. The van der Waals surface area contributed by atoms with Crippen LogP contribution in [0, 0.1) is 0 Å². The average Bonchev–Trinajstić information content (AvgIpc) is 3.24. The second-order valence-corrected chi connectivity index (χ2v) is 5.98. The number of hydrogen-bond donors (Lipinski definition) is 2. The second-order valence-electron chi connectivity index (χ2n) is 5.98. The molecule has 0 fully saturated rings. The third kappa shape index (κ3) is 4.72. The van der Waals surface area contributed by atoms with Crippen molar-refractivity contribution < 1.29 is 28.2 Å². The number of urea groups is 1. The summed E-state index contributed by atoms with van der Waals surface area (Å²) in [5.74, 6) is 2.51. The Kier molecular flexibility index (Phi) is 6.58. The highest BCUT2D eigenvalue weighted by Crippen LogP contribution is 2.33. The zero-order chi connectivity index (χ0) is 21.5. The van der Waals surface area contributed by atoms with E-state index in [0.717, 1.165) is 5.56 Å². The lowest BCUT2D eigenvalue weighted by molar-refractivity contribution is 0.251. The number of methoxy groups -OCH3 is 4. The van der Waals surface area contributed by atoms with Crippen molar-refractivity contribution in [3.05, 3.63) is 42.0 Å². The molecule has 2 aromatic carbocycles. The summed E-state index contributed by atoms with van der Waals surface area (Å²) >= 11 is 0. The summed E-state index contributed by atoms with van der Waals surface area (Å²) in [6, 6.07) is 9.98. The van der Waals surface area contributed by atoms with Crippen molar-refractivity contribution in [2.24, 2.45) is 0 Å². The van der Waals surface area contributed by atoms with E-state index in [0.29, 0.717) is 28.6 Å². The van der Waals surface area contributed by atoms with E-state index in [4.69, 9.17) is 23.4 Å². The minimum atomic E-state index is -0.498. The molecule has 0 aliphatic heterocycles. The number of nitrogens with zero attached hydrogens (tertiary/aromatic N) is 2. The summed E-state index contributed by atoms with van der Waals surface area (Å²) in [7, 11) is 6.19. The number of rotatable bonds is 8. The van der Waals surface area contributed by atoms with E-state index in [9.17, 15) is 4.79 Å². The monoisotopic (exact) mass is 414 g/mol. The normalized spacial score (nSPS) is 10.3. The van der Waals surface area contributed by atoms with Gasteiger partial charge in [-0.25, -0.2) is 4.79 Å². The molecular formula is C20H22N4O6. The van der Waals surface area contributed by atoms with Crippen LogP contribution in [0.5, 0.6) is 23.0 Å². The van der Waals surface area contributed by atoms with Gasteiger partial charge in [-0.15, -0.1) is 5.10 Å². The second kappa shape index (κ2) is 9.50. The molecule has 0 aliphatic rings. The Hall–Kier alpha value is -3.95. The van der Waals surface area contributed by atoms with Gasteiger partial charge in [0.05, 0.1) is 34.0 Å². The molecule has 3 rings (SSSR count). The Morgan fingerprint density at radius 2 is 1.67 bits per heavy atom. The van der Waals surface area contributed by atoms with Gasteiger partial charge >= 0.3 is 12.0 Å². The fraction of sp³-hybridized carbons (Fsp3) is 0.250. The van der Waals surface area contributed by atoms with Crippen molar-refractivity contribution in [1.82, 2.24) is 15.5 Å². The first-order valence-electron chi connectivity index (χ1n) is 8.89. The summed E-state index contributed by atoms with van der Waals surface area (Å²) in [5.41, 5.74) is 1.40. The SMILES string of the molecule is COc1ccc(-c2nnc(NC(=O)NCc3ccc(OC)c(OC)c3)o2)c(OC)c1. The minimum Gasteiger partial charge on any atom is -0.497 e. The molecule has 0 aliphatic carbocycles. The van der Waals surface area contributed by atoms with Crippen LogP contribution in [0.4, 0.5) is 10.8 Å². The van der Waals surface area contributed by atoms with Crippen LogP contribution in [0.3, 0.4) is 0 Å². The van der Waals surface area contributed by atoms with Crippen LogP contribution in [0.1, 0.15) is 5.56 Å². The van der Waals surface area contributed by atoms with Gasteiger partial charge in [0, 0.05) is 12.6 Å². The molecule has 1 aromatic heterocycles. The Morgan fingerprint density at radius 1 is 0.900 bits per heavy atom. The van der Waals surface area contributed by atoms with Crippen LogP contribution in [0.2, 0.25) is 0 Å². The summed E-state index contributed by atoms with van der Waals surface area (Å²) in [6.45, 7) is 0.263. The number of ether oxygens (including phenoxy) is 4. The average molecular weight is 414 g/mol. The first-order valence-corrected chi connectivity index (χ1v) is 8.89. The highest BCUT2D eigenvalue weighted by molar-refractivity contribution is 5.87. The lowest BCUT2D eigenvalue weighted by Gasteiger charge is -2.10. The van der Waals surface area contributed by atoms with Gasteiger partial charge in [0.2, 0.25) is 0 Å². The number of carbonyl (C=O) groups excluding carboxylic acids is 1. The van der Waals surface area contributed by atoms with Crippen molar-refractivity contribution in [3.8, 4) is 34.5 Å². The number of aromatic nitrogens is 2. The Balaban J connectivity index is 1.63. The molecule has 0 bridgehead atoms. The number of benzene rings is 2. The topological polar surface area (TPSA) is 117 Å². The number of carbonyl (C=O) groups is 1. The maximum absolute atomic E-state index is 12.2. The van der Waals surface area contributed by atoms with Crippen LogP contribution in [0.15, 0.2) is 40.8 Å². The van der Waals surface area contributed by atoms with Gasteiger partial charge in [-0.05, 0) is 29.8 Å². The Labute approximate surface area is 173 Å². The van der Waals surface area contributed by atoms with Gasteiger partial charge in [0.1, 0.15) is 11.5 Å². The third-order valence-corrected chi connectivity index (χ3v) is 4.19. The largest absolute Gasteiger partial charge is 0.497 e. The fourth-order valence-corrected chi connectivity index (χ4v) is 2.67. The molecular weight excluding hydrogens is 392 g/mol. The predicted molar refractivity (Wildman–Crippen MR) is 108 cm³/mol. The highest BCUT2D eigenvalue weighted by atomic mass is 16.5. The van der Waals surface area contributed by atoms with Gasteiger partial charge in [0.25, 0.3) is 5.89 Å². The molecule has 2 N–H and O–H groups in total. The van der Waals surface area contributed by atoms with Crippen LogP contribution in [0.25, 0.3) is 11.5 Å². The molecule has 0 radical (unpaired) electrons. The summed E-state index contributed by atoms with van der Waals surface area (Å²) in [6.07, 6.45) is 0. The zero-order valence-electron chi connectivity index (χ0n) is 17.0. The summed E-state index contributed by atoms with van der Waals surface area (Å²) < 4.78 is 26.5. The molecule has 158 valence electrons. The van der Waals surface area contributed by atoms with Crippen molar-refractivity contribution in [1.29, 1.82) is 0 Å². The molecule has 3 aromatic rings. The van der Waals surface area contributed by atoms with Gasteiger partial charge in [-0.3, -0.25) is 5.32 Å². The molecule has 0 saturated heterocycles. The van der Waals surface area contributed by atoms with Gasteiger partial charge in [0.15, 0.2) is 11.5 Å². The van der Waals surface area contributed by atoms with Crippen molar-refractivity contribution in [2.75, 3.05) is 33.8 Å². The van der Waals surface area contributed by atoms with Gasteiger partial charge < -0.3 is 28.7 Å². The highest BCUT2D eigenvalue weighted by Gasteiger charge is 2.16. The molecule has 10 heteroatoms. The Morgan fingerprint density at radius 3 is 2.37 bits per heavy atom. The van der Waals surface area contributed by atoms with Crippen molar-refractivity contribution >= 4 is 12.0 Å². The molecule has 2 amide bonds. The molecule has 0 unspecified atom stereocenters. The van der Waals surface area contributed by atoms with Crippen molar-refractivity contribution in [2.45, 2.75) is 6.54 Å². The van der Waals surface area contributed by atoms with Crippen LogP contribution >= 0.6 is 0 Å². The molecule has 0 spiro atoms. The first kappa shape index (κ1) is 20.8. The van der Waals surface area contributed by atoms with E-state index >= 15 is 0 Å². The molecule has 1 heterocycles. The standard InChI is InChI=1S/C20H22N4O6/c1-26-13-6-7-14(16(10-13)28-3)18-23-24-20(30-18)22-19(25)21-11-12-5-8-15(27-2)17(9-12)29-4/h5-10H,11H2,1-4H3,(H2,21,22,24,25). The van der Waals surface area contributed by atoms with Crippen LogP contribution < -0.4 is 29.6 Å². The predicted octanol–water partition coefficient (Wildman–Crippen LogP) is 3.09. The summed E-state index contributed by atoms with van der Waals surface area (Å²) in [5, 5.41) is 13.0. The summed E-state index contributed by atoms with van der Waals surface area (Å²) in [4.78, 5) is 12.2. The quantitative estimate of drug-likeness (QED) is 0.577. The fourth-order valence-electron chi connectivity index (χ4n) is 2.67. The maximum Gasteiger partial charge on any atom is 0.324 e. The Bertz CT molecular complexity index is 1020. The molecule has 30 heavy (non-hydrogen) atoms. The van der Waals surface area contributed by atoms with E-state index < -0.39 is 6.03 Å². The van der Waals surface area contributed by atoms with E-state index in [1.807, 2.05) is 6.07 Å². The van der Waals surface area contributed by atoms with Gasteiger partial charge in [-0.2, -0.15) is 0 Å². The van der Waals surface area contributed by atoms with Gasteiger partial charge in [-0.1, -0.05) is 11.2 Å². The third-order valence-electron chi connectivity index (χ3n) is 4.19. The first-order chi connectivity index (χ1) is 14.6. The number of anilines is 1. The maximum atomic E-state index is 12.2. The van der Waals surface area contributed by atoms with Crippen LogP contribution in [-0.4, -0.2) is 44.7 Å². The van der Waals surface area contributed by atoms with Crippen LogP contribution in [-0.2, 0) is 6.54 Å². The van der Waals surface area contributed by atoms with E-state index in [2.05, 4.69) is 20.8 Å². The lowest BCUT2D eigenvalue weighted by atomic mass is 10.2. The molecule has 0 saturated carbocycles. The molecule has 10 nitrogen and oxygen atoms in total. The number of amides is 2. The van der Waals surface area contributed by atoms with Crippen molar-refractivity contribution in [3.63, 3.8) is 0 Å². The van der Waals surface area contributed by atoms with E-state index in [1.165, 1.54) is 7.11 Å². The zero-order valence-corrected chi connectivity index (χ0v) is 17.0. The van der Waals surface area contributed by atoms with E-state index in [-0.39, 0.29) is 18.5 Å². The number of hydrogen-bond acceptors (Lipinski definition) is 8. The smallest absolute Gasteiger partial charge is 0.324 e.